The number of likely N-dealkylation sites (tertiary alicyclic amines) is 1. The van der Waals surface area contributed by atoms with Gasteiger partial charge in [0.15, 0.2) is 0 Å². The molecule has 282 valence electrons. The van der Waals surface area contributed by atoms with Crippen molar-refractivity contribution in [2.45, 2.75) is 44.7 Å². The largest absolute Gasteiger partial charge is 0.507 e. The molecule has 55 heavy (non-hydrogen) atoms. The second-order valence-corrected chi connectivity index (χ2v) is 13.9. The standard InChI is InChI=1S/C42H42ClN7O5/c1-25(44)50-36-14-12-32(55-2)22-34(36)40(29-8-10-31(43)11-9-29)48-35(41(50)45)23-38(52)47-24-27-4-3-5-30(20-27)28-16-18-49(19-17-28)39(53)15-7-26-6-13-33(42(46)54)37(51)21-26/h3-15,20-22,28,35,44-45,51H,16-19,23-24H2,1-2H3,(H2,46,54)(H,47,52)/b15-7+,44-25?,45-41?/t35-/m0/s1. The number of phenols is 1. The molecular weight excluding hydrogens is 718 g/mol. The molecule has 0 unspecified atom stereocenters. The van der Waals surface area contributed by atoms with Gasteiger partial charge in [-0.1, -0.05) is 54.1 Å². The minimum Gasteiger partial charge on any atom is -0.507 e. The predicted octanol–water partition coefficient (Wildman–Crippen LogP) is 6.28. The van der Waals surface area contributed by atoms with Crippen molar-refractivity contribution < 1.29 is 24.2 Å². The van der Waals surface area contributed by atoms with Gasteiger partial charge in [0, 0.05) is 41.9 Å². The quantitative estimate of drug-likeness (QED) is 0.0720. The van der Waals surface area contributed by atoms with E-state index in [1.165, 1.54) is 23.1 Å². The molecule has 6 N–H and O–H groups in total. The number of methoxy groups -OCH3 is 1. The van der Waals surface area contributed by atoms with E-state index in [1.54, 1.807) is 55.3 Å². The number of carbonyl (C=O) groups is 3. The molecule has 1 saturated heterocycles. The van der Waals surface area contributed by atoms with E-state index in [1.807, 2.05) is 30.3 Å². The van der Waals surface area contributed by atoms with E-state index in [4.69, 9.17) is 37.9 Å². The van der Waals surface area contributed by atoms with Crippen LogP contribution in [0.1, 0.15) is 70.3 Å². The van der Waals surface area contributed by atoms with Gasteiger partial charge in [0.1, 0.15) is 29.2 Å². The van der Waals surface area contributed by atoms with E-state index in [-0.39, 0.29) is 53.7 Å². The minimum atomic E-state index is -0.882. The molecule has 0 bridgehead atoms. The summed E-state index contributed by atoms with van der Waals surface area (Å²) in [6.07, 6.45) is 4.51. The molecule has 12 nitrogen and oxygen atoms in total. The molecule has 0 aliphatic carbocycles. The van der Waals surface area contributed by atoms with E-state index in [0.717, 1.165) is 29.5 Å². The summed E-state index contributed by atoms with van der Waals surface area (Å²) in [6, 6.07) is 24.2. The number of anilines is 1. The lowest BCUT2D eigenvalue weighted by molar-refractivity contribution is -0.127. The van der Waals surface area contributed by atoms with E-state index >= 15 is 0 Å². The number of hydrogen-bond acceptors (Lipinski definition) is 8. The van der Waals surface area contributed by atoms with Crippen LogP contribution in [0.15, 0.2) is 96.0 Å². The minimum absolute atomic E-state index is 0.0125. The van der Waals surface area contributed by atoms with Crippen LogP contribution < -0.4 is 20.7 Å². The molecule has 0 saturated carbocycles. The van der Waals surface area contributed by atoms with Crippen molar-refractivity contribution in [3.8, 4) is 11.5 Å². The molecule has 4 aromatic carbocycles. The third kappa shape index (κ3) is 8.93. The van der Waals surface area contributed by atoms with Crippen molar-refractivity contribution >= 4 is 58.5 Å². The highest BCUT2D eigenvalue weighted by atomic mass is 35.5. The monoisotopic (exact) mass is 759 g/mol. The average Bonchev–Trinajstić information content (AvgIpc) is 3.29. The summed E-state index contributed by atoms with van der Waals surface area (Å²) in [7, 11) is 1.57. The first kappa shape index (κ1) is 38.5. The van der Waals surface area contributed by atoms with Crippen molar-refractivity contribution in [3.05, 3.63) is 129 Å². The van der Waals surface area contributed by atoms with E-state index in [9.17, 15) is 19.5 Å². The average molecular weight is 760 g/mol. The molecule has 3 amide bonds. The van der Waals surface area contributed by atoms with Gasteiger partial charge in [-0.3, -0.25) is 35.1 Å². The molecule has 1 fully saturated rings. The van der Waals surface area contributed by atoms with Crippen LogP contribution in [0.25, 0.3) is 6.08 Å². The second-order valence-electron chi connectivity index (χ2n) is 13.5. The summed E-state index contributed by atoms with van der Waals surface area (Å²) in [4.78, 5) is 46.1. The highest BCUT2D eigenvalue weighted by Crippen LogP contribution is 2.33. The van der Waals surface area contributed by atoms with Crippen molar-refractivity contribution in [2.75, 3.05) is 25.1 Å². The first-order valence-electron chi connectivity index (χ1n) is 17.8. The Morgan fingerprint density at radius 1 is 1.04 bits per heavy atom. The number of nitrogens with one attached hydrogen (secondary N) is 3. The number of benzene rings is 4. The van der Waals surface area contributed by atoms with Crippen LogP contribution in [-0.2, 0) is 16.1 Å². The van der Waals surface area contributed by atoms with Gasteiger partial charge in [0.2, 0.25) is 11.8 Å². The van der Waals surface area contributed by atoms with Gasteiger partial charge in [-0.2, -0.15) is 0 Å². The number of piperidine rings is 1. The zero-order valence-electron chi connectivity index (χ0n) is 30.5. The number of carbonyl (C=O) groups excluding carboxylic acids is 3. The van der Waals surface area contributed by atoms with Crippen LogP contribution >= 0.6 is 11.6 Å². The van der Waals surface area contributed by atoms with Crippen LogP contribution in [0.5, 0.6) is 11.5 Å². The maximum absolute atomic E-state index is 13.5. The van der Waals surface area contributed by atoms with Crippen LogP contribution in [0.4, 0.5) is 5.69 Å². The zero-order valence-corrected chi connectivity index (χ0v) is 31.3. The lowest BCUT2D eigenvalue weighted by Crippen LogP contribution is -2.42. The van der Waals surface area contributed by atoms with Gasteiger partial charge in [-0.15, -0.1) is 0 Å². The van der Waals surface area contributed by atoms with E-state index < -0.39 is 11.9 Å². The highest BCUT2D eigenvalue weighted by Gasteiger charge is 2.32. The van der Waals surface area contributed by atoms with Crippen LogP contribution in [0.3, 0.4) is 0 Å². The normalized spacial score (nSPS) is 15.9. The van der Waals surface area contributed by atoms with Gasteiger partial charge < -0.3 is 25.8 Å². The number of nitrogens with zero attached hydrogens (tertiary/aromatic N) is 3. The molecule has 13 heteroatoms. The van der Waals surface area contributed by atoms with Gasteiger partial charge in [-0.25, -0.2) is 0 Å². The number of benzodiazepines with no additional fused rings is 1. The summed E-state index contributed by atoms with van der Waals surface area (Å²) >= 11 is 6.20. The number of ether oxygens (including phenoxy) is 1. The molecule has 0 spiro atoms. The number of rotatable bonds is 10. The van der Waals surface area contributed by atoms with Crippen LogP contribution in [-0.4, -0.2) is 71.4 Å². The van der Waals surface area contributed by atoms with E-state index in [2.05, 4.69) is 17.4 Å². The Morgan fingerprint density at radius 3 is 2.45 bits per heavy atom. The van der Waals surface area contributed by atoms with E-state index in [0.29, 0.717) is 46.4 Å². The van der Waals surface area contributed by atoms with Crippen molar-refractivity contribution in [2.24, 2.45) is 10.7 Å². The van der Waals surface area contributed by atoms with Crippen LogP contribution in [0, 0.1) is 10.8 Å². The molecule has 6 rings (SSSR count). The second kappa shape index (κ2) is 16.8. The molecule has 2 aliphatic rings. The van der Waals surface area contributed by atoms with Crippen LogP contribution in [0.2, 0.25) is 5.02 Å². The summed E-state index contributed by atoms with van der Waals surface area (Å²) < 4.78 is 5.51. The fourth-order valence-corrected chi connectivity index (χ4v) is 7.03. The Hall–Kier alpha value is -6.27. The molecule has 2 heterocycles. The Labute approximate surface area is 324 Å². The summed E-state index contributed by atoms with van der Waals surface area (Å²) in [5, 5.41) is 31.3. The lowest BCUT2D eigenvalue weighted by atomic mass is 9.88. The highest BCUT2D eigenvalue weighted by molar-refractivity contribution is 6.31. The number of aliphatic imine (C=N–C) groups is 1. The van der Waals surface area contributed by atoms with Crippen molar-refractivity contribution in [1.82, 2.24) is 10.2 Å². The number of aromatic hydroxyl groups is 1. The van der Waals surface area contributed by atoms with Gasteiger partial charge >= 0.3 is 0 Å². The number of halogens is 1. The fourth-order valence-electron chi connectivity index (χ4n) is 6.91. The van der Waals surface area contributed by atoms with Gasteiger partial charge in [0.25, 0.3) is 5.91 Å². The smallest absolute Gasteiger partial charge is 0.252 e. The summed E-state index contributed by atoms with van der Waals surface area (Å²) in [5.74, 6) is -0.423. The number of fused-ring (bicyclic) bond motifs is 1. The SMILES string of the molecule is COc1ccc2c(c1)C(c1ccc(Cl)cc1)=N[C@@H](CC(=O)NCc1cccc(C3CCN(C(=O)/C=C/c4ccc(C(N)=O)c(O)c4)CC3)c1)C(=N)N2C(C)=N. The fraction of sp³-hybridized carbons (Fsp3) is 0.238. The summed E-state index contributed by atoms with van der Waals surface area (Å²) in [5.41, 5.74) is 10.5. The molecule has 4 aromatic rings. The molecule has 0 aromatic heterocycles. The summed E-state index contributed by atoms with van der Waals surface area (Å²) in [6.45, 7) is 3.04. The molecular formula is C42H42ClN7O5. The Morgan fingerprint density at radius 2 is 1.78 bits per heavy atom. The first-order chi connectivity index (χ1) is 26.4. The maximum Gasteiger partial charge on any atom is 0.252 e. The predicted molar refractivity (Wildman–Crippen MR) is 215 cm³/mol. The van der Waals surface area contributed by atoms with Crippen molar-refractivity contribution in [1.29, 1.82) is 10.8 Å². The Kier molecular flexibility index (Phi) is 11.8. The van der Waals surface area contributed by atoms with Gasteiger partial charge in [-0.05, 0) is 90.9 Å². The number of amidine groups is 2. The molecule has 0 radical (unpaired) electrons. The van der Waals surface area contributed by atoms with Crippen molar-refractivity contribution in [3.63, 3.8) is 0 Å². The zero-order chi connectivity index (χ0) is 39.2. The third-order valence-corrected chi connectivity index (χ3v) is 10.0. The number of hydrogen-bond donors (Lipinski definition) is 5. The Balaban J connectivity index is 1.10. The molecule has 1 atom stereocenters. The maximum atomic E-state index is 13.5. The van der Waals surface area contributed by atoms with Gasteiger partial charge in [0.05, 0.1) is 30.5 Å². The first-order valence-corrected chi connectivity index (χ1v) is 18.2. The number of primary amides is 1. The number of amides is 3. The topological polar surface area (TPSA) is 185 Å². The molecule has 2 aliphatic heterocycles. The third-order valence-electron chi connectivity index (χ3n) is 9.80. The lowest BCUT2D eigenvalue weighted by Gasteiger charge is -2.31. The number of nitrogens with two attached hydrogens (primary N) is 1. The Bertz CT molecular complexity index is 2210.